The van der Waals surface area contributed by atoms with E-state index in [-0.39, 0.29) is 5.75 Å². The zero-order chi connectivity index (χ0) is 26.4. The molecule has 0 aliphatic heterocycles. The van der Waals surface area contributed by atoms with Crippen LogP contribution in [0.4, 0.5) is 4.79 Å². The van der Waals surface area contributed by atoms with Gasteiger partial charge in [0.05, 0.1) is 20.2 Å². The van der Waals surface area contributed by atoms with Crippen molar-refractivity contribution in [1.29, 1.82) is 0 Å². The van der Waals surface area contributed by atoms with Gasteiger partial charge in [0.25, 0.3) is 5.91 Å². The third-order valence-corrected chi connectivity index (χ3v) is 5.02. The Hall–Kier alpha value is -3.72. The standard InChI is InChI=1S/C23H30N4O7S/c1-23(2,3)34-22(32)27-18(14-35-13-15-5-8-17(33-4)9-6-15)21(31)26-12-20(30)25-11-16(28)7-10-19(24)29/h5-6,8-9,18H,11-14H2,1-4H3,(H2,24,29)(H,25,30)(H,26,31)(H,27,32). The molecule has 1 unspecified atom stereocenters. The molecule has 0 spiro atoms. The van der Waals surface area contributed by atoms with Gasteiger partial charge >= 0.3 is 6.09 Å². The lowest BCUT2D eigenvalue weighted by molar-refractivity contribution is -0.127. The predicted octanol–water partition coefficient (Wildman–Crippen LogP) is 0.112. The molecule has 5 N–H and O–H groups in total. The lowest BCUT2D eigenvalue weighted by Gasteiger charge is -2.23. The number of thioether (sulfide) groups is 1. The predicted molar refractivity (Wildman–Crippen MR) is 130 cm³/mol. The third-order valence-electron chi connectivity index (χ3n) is 3.91. The van der Waals surface area contributed by atoms with Crippen LogP contribution in [0.1, 0.15) is 26.3 Å². The maximum absolute atomic E-state index is 12.7. The Bertz CT molecular complexity index is 978. The van der Waals surface area contributed by atoms with Crippen LogP contribution in [0, 0.1) is 11.8 Å². The first-order chi connectivity index (χ1) is 16.4. The molecule has 0 aliphatic rings. The number of hydrogen-bond acceptors (Lipinski definition) is 8. The van der Waals surface area contributed by atoms with Crippen molar-refractivity contribution in [3.05, 3.63) is 29.8 Å². The van der Waals surface area contributed by atoms with Gasteiger partial charge in [0.1, 0.15) is 17.4 Å². The summed E-state index contributed by atoms with van der Waals surface area (Å²) in [6.45, 7) is 4.19. The first kappa shape index (κ1) is 29.3. The molecule has 1 aromatic rings. The fourth-order valence-corrected chi connectivity index (χ4v) is 3.37. The van der Waals surface area contributed by atoms with E-state index in [9.17, 15) is 24.0 Å². The highest BCUT2D eigenvalue weighted by atomic mass is 32.2. The number of primary amides is 1. The number of nitrogens with one attached hydrogen (secondary N) is 3. The molecular formula is C23H30N4O7S. The average Bonchev–Trinajstić information content (AvgIpc) is 2.78. The van der Waals surface area contributed by atoms with Gasteiger partial charge in [-0.3, -0.25) is 19.2 Å². The molecular weight excluding hydrogens is 476 g/mol. The van der Waals surface area contributed by atoms with E-state index in [1.165, 1.54) is 11.8 Å². The Balaban J connectivity index is 2.65. The smallest absolute Gasteiger partial charge is 0.408 e. The van der Waals surface area contributed by atoms with Crippen LogP contribution in [0.15, 0.2) is 24.3 Å². The van der Waals surface area contributed by atoms with Crippen LogP contribution >= 0.6 is 11.8 Å². The van der Waals surface area contributed by atoms with Crippen LogP contribution in [0.5, 0.6) is 5.75 Å². The van der Waals surface area contributed by atoms with Crippen molar-refractivity contribution in [1.82, 2.24) is 16.0 Å². The summed E-state index contributed by atoms with van der Waals surface area (Å²) in [6, 6.07) is 6.44. The van der Waals surface area contributed by atoms with Crippen LogP contribution in [0.25, 0.3) is 0 Å². The molecule has 190 valence electrons. The zero-order valence-electron chi connectivity index (χ0n) is 20.1. The van der Waals surface area contributed by atoms with Crippen molar-refractivity contribution >= 4 is 41.4 Å². The molecule has 4 amide bonds. The zero-order valence-corrected chi connectivity index (χ0v) is 20.9. The minimum atomic E-state index is -0.982. The van der Waals surface area contributed by atoms with E-state index in [1.807, 2.05) is 36.1 Å². The molecule has 0 aliphatic carbocycles. The number of Topliss-reactive ketones (excluding diaryl/α,β-unsaturated/α-hetero) is 1. The minimum absolute atomic E-state index is 0.208. The number of carbonyl (C=O) groups is 5. The Morgan fingerprint density at radius 2 is 1.69 bits per heavy atom. The first-order valence-electron chi connectivity index (χ1n) is 10.5. The van der Waals surface area contributed by atoms with Gasteiger partial charge in [-0.25, -0.2) is 4.79 Å². The summed E-state index contributed by atoms with van der Waals surface area (Å²) in [7, 11) is 1.57. The number of ether oxygens (including phenoxy) is 2. The summed E-state index contributed by atoms with van der Waals surface area (Å²) in [6.07, 6.45) is -0.772. The SMILES string of the molecule is COc1ccc(CSCC(NC(=O)OC(C)(C)C)C(=O)NCC(=O)NCC(=O)C#CC(N)=O)cc1. The lowest BCUT2D eigenvalue weighted by atomic mass is 10.2. The number of carbonyl (C=O) groups excluding carboxylic acids is 5. The largest absolute Gasteiger partial charge is 0.497 e. The minimum Gasteiger partial charge on any atom is -0.497 e. The molecule has 0 fully saturated rings. The van der Waals surface area contributed by atoms with Gasteiger partial charge in [0.2, 0.25) is 17.6 Å². The number of hydrogen-bond donors (Lipinski definition) is 4. The van der Waals surface area contributed by atoms with Crippen molar-refractivity contribution < 1.29 is 33.4 Å². The van der Waals surface area contributed by atoms with Gasteiger partial charge in [0, 0.05) is 17.4 Å². The molecule has 0 aromatic heterocycles. The highest BCUT2D eigenvalue weighted by Gasteiger charge is 2.24. The second kappa shape index (κ2) is 14.5. The number of ketones is 1. The summed E-state index contributed by atoms with van der Waals surface area (Å²) in [5, 5.41) is 7.19. The normalized spacial score (nSPS) is 11.2. The highest BCUT2D eigenvalue weighted by molar-refractivity contribution is 7.98. The van der Waals surface area contributed by atoms with Crippen LogP contribution in [0.3, 0.4) is 0 Å². The molecule has 0 bridgehead atoms. The number of nitrogens with two attached hydrogens (primary N) is 1. The van der Waals surface area contributed by atoms with E-state index in [0.717, 1.165) is 11.3 Å². The molecule has 0 radical (unpaired) electrons. The highest BCUT2D eigenvalue weighted by Crippen LogP contribution is 2.17. The summed E-state index contributed by atoms with van der Waals surface area (Å²) >= 11 is 1.40. The number of methoxy groups -OCH3 is 1. The topological polar surface area (TPSA) is 166 Å². The molecule has 12 heteroatoms. The number of benzene rings is 1. The van der Waals surface area contributed by atoms with Gasteiger partial charge in [-0.1, -0.05) is 12.1 Å². The maximum atomic E-state index is 12.7. The van der Waals surface area contributed by atoms with Crippen molar-refractivity contribution in [3.63, 3.8) is 0 Å². The monoisotopic (exact) mass is 506 g/mol. The van der Waals surface area contributed by atoms with Crippen LogP contribution in [-0.2, 0) is 29.7 Å². The molecule has 1 rings (SSSR count). The van der Waals surface area contributed by atoms with Gasteiger partial charge < -0.3 is 31.2 Å². The Morgan fingerprint density at radius 3 is 2.26 bits per heavy atom. The first-order valence-corrected chi connectivity index (χ1v) is 11.6. The Labute approximate surface area is 208 Å². The van der Waals surface area contributed by atoms with Gasteiger partial charge in [-0.2, -0.15) is 11.8 Å². The van der Waals surface area contributed by atoms with E-state index in [0.29, 0.717) is 5.75 Å². The molecule has 35 heavy (non-hydrogen) atoms. The maximum Gasteiger partial charge on any atom is 0.408 e. The van der Waals surface area contributed by atoms with E-state index in [4.69, 9.17) is 15.2 Å². The van der Waals surface area contributed by atoms with E-state index in [1.54, 1.807) is 27.9 Å². The molecule has 0 saturated carbocycles. The number of rotatable bonds is 11. The van der Waals surface area contributed by atoms with Crippen molar-refractivity contribution in [3.8, 4) is 17.6 Å². The fraction of sp³-hybridized carbons (Fsp3) is 0.435. The number of amides is 4. The fourth-order valence-electron chi connectivity index (χ4n) is 2.36. The number of alkyl carbamates (subject to hydrolysis) is 1. The van der Waals surface area contributed by atoms with Crippen LogP contribution in [0.2, 0.25) is 0 Å². The van der Waals surface area contributed by atoms with Gasteiger partial charge in [-0.05, 0) is 44.4 Å². The van der Waals surface area contributed by atoms with E-state index >= 15 is 0 Å². The lowest BCUT2D eigenvalue weighted by Crippen LogP contribution is -2.51. The quantitative estimate of drug-likeness (QED) is 0.242. The Morgan fingerprint density at radius 1 is 1.03 bits per heavy atom. The molecule has 11 nitrogen and oxygen atoms in total. The second-order valence-electron chi connectivity index (χ2n) is 8.09. The second-order valence-corrected chi connectivity index (χ2v) is 9.12. The van der Waals surface area contributed by atoms with Crippen LogP contribution < -0.4 is 26.4 Å². The summed E-state index contributed by atoms with van der Waals surface area (Å²) in [5.74, 6) is 2.38. The summed E-state index contributed by atoms with van der Waals surface area (Å²) in [4.78, 5) is 58.8. The molecule has 0 heterocycles. The van der Waals surface area contributed by atoms with Gasteiger partial charge in [0.15, 0.2) is 0 Å². The average molecular weight is 507 g/mol. The van der Waals surface area contributed by atoms with Crippen molar-refractivity contribution in [2.45, 2.75) is 38.2 Å². The summed E-state index contributed by atoms with van der Waals surface area (Å²) < 4.78 is 10.4. The van der Waals surface area contributed by atoms with Crippen molar-refractivity contribution in [2.24, 2.45) is 5.73 Å². The molecule has 0 saturated heterocycles. The third kappa shape index (κ3) is 13.5. The van der Waals surface area contributed by atoms with Crippen molar-refractivity contribution in [2.75, 3.05) is 26.0 Å². The Kier molecular flexibility index (Phi) is 12.2. The van der Waals surface area contributed by atoms with E-state index in [2.05, 4.69) is 16.0 Å². The molecule has 1 atom stereocenters. The van der Waals surface area contributed by atoms with Gasteiger partial charge in [-0.15, -0.1) is 0 Å². The summed E-state index contributed by atoms with van der Waals surface area (Å²) in [5.41, 5.74) is 5.05. The molecule has 1 aromatic carbocycles. The van der Waals surface area contributed by atoms with E-state index < -0.39 is 54.3 Å². The van der Waals surface area contributed by atoms with Crippen LogP contribution in [-0.4, -0.2) is 67.2 Å².